The van der Waals surface area contributed by atoms with Crippen molar-refractivity contribution in [2.24, 2.45) is 5.92 Å². The zero-order valence-corrected chi connectivity index (χ0v) is 15.1. The van der Waals surface area contributed by atoms with Crippen LogP contribution in [0.3, 0.4) is 0 Å². The van der Waals surface area contributed by atoms with Crippen molar-refractivity contribution in [3.63, 3.8) is 0 Å². The predicted molar refractivity (Wildman–Crippen MR) is 101 cm³/mol. The fourth-order valence-electron chi connectivity index (χ4n) is 4.20. The Kier molecular flexibility index (Phi) is 4.93. The molecule has 1 saturated heterocycles. The molecule has 2 aliphatic heterocycles. The Balaban J connectivity index is 1.65. The second-order valence-electron chi connectivity index (χ2n) is 7.03. The Morgan fingerprint density at radius 2 is 2.08 bits per heavy atom. The van der Waals surface area contributed by atoms with Gasteiger partial charge in [-0.1, -0.05) is 42.5 Å². The monoisotopic (exact) mass is 351 g/mol. The second-order valence-corrected chi connectivity index (χ2v) is 7.03. The molecule has 0 spiro atoms. The zero-order valence-electron chi connectivity index (χ0n) is 15.1. The van der Waals surface area contributed by atoms with Crippen LogP contribution in [0.1, 0.15) is 48.6 Å². The lowest BCUT2D eigenvalue weighted by atomic mass is 9.77. The molecule has 0 radical (unpaired) electrons. The number of nitrogens with one attached hydrogen (secondary N) is 1. The molecule has 1 N–H and O–H groups in total. The Morgan fingerprint density at radius 1 is 1.23 bits per heavy atom. The molecule has 4 rings (SSSR count). The number of ether oxygens (including phenoxy) is 2. The second kappa shape index (κ2) is 7.50. The predicted octanol–water partition coefficient (Wildman–Crippen LogP) is 4.43. The molecule has 136 valence electrons. The van der Waals surface area contributed by atoms with Gasteiger partial charge in [0.15, 0.2) is 0 Å². The van der Waals surface area contributed by atoms with Crippen molar-refractivity contribution in [3.8, 4) is 0 Å². The van der Waals surface area contributed by atoms with E-state index >= 15 is 0 Å². The molecule has 26 heavy (non-hydrogen) atoms. The minimum Gasteiger partial charge on any atom is -0.466 e. The summed E-state index contributed by atoms with van der Waals surface area (Å²) < 4.78 is 11.3. The number of hydrogen-bond donors (Lipinski definition) is 1. The van der Waals surface area contributed by atoms with Crippen molar-refractivity contribution in [1.82, 2.24) is 0 Å². The van der Waals surface area contributed by atoms with Crippen LogP contribution in [0.2, 0.25) is 0 Å². The van der Waals surface area contributed by atoms with Gasteiger partial charge >= 0.3 is 5.97 Å². The fraction of sp³-hybridized carbons (Fsp3) is 0.409. The van der Waals surface area contributed by atoms with Gasteiger partial charge in [0.25, 0.3) is 0 Å². The average Bonchev–Trinajstić information content (AvgIpc) is 2.68. The number of anilines is 1. The van der Waals surface area contributed by atoms with E-state index in [4.69, 9.17) is 9.47 Å². The summed E-state index contributed by atoms with van der Waals surface area (Å²) in [5.41, 5.74) is 4.56. The molecule has 2 aliphatic rings. The van der Waals surface area contributed by atoms with E-state index in [0.29, 0.717) is 18.9 Å². The molecule has 4 heteroatoms. The SMILES string of the molecule is CCOC(=O)Cc1ccc2c(c1)[C@H]1OCCC[C@H]1[C@H](c1ccccc1)N2. The fourth-order valence-corrected chi connectivity index (χ4v) is 4.20. The summed E-state index contributed by atoms with van der Waals surface area (Å²) >= 11 is 0. The van der Waals surface area contributed by atoms with Crippen molar-refractivity contribution in [3.05, 3.63) is 65.2 Å². The smallest absolute Gasteiger partial charge is 0.310 e. The van der Waals surface area contributed by atoms with Gasteiger partial charge in [0.1, 0.15) is 0 Å². The lowest BCUT2D eigenvalue weighted by Gasteiger charge is -2.43. The minimum absolute atomic E-state index is 0.0763. The van der Waals surface area contributed by atoms with E-state index in [1.807, 2.05) is 13.0 Å². The summed E-state index contributed by atoms with van der Waals surface area (Å²) in [6, 6.07) is 17.1. The van der Waals surface area contributed by atoms with Crippen LogP contribution >= 0.6 is 0 Å². The van der Waals surface area contributed by atoms with Gasteiger partial charge in [0, 0.05) is 23.8 Å². The first-order chi connectivity index (χ1) is 12.8. The number of benzene rings is 2. The third-order valence-electron chi connectivity index (χ3n) is 5.34. The van der Waals surface area contributed by atoms with E-state index in [0.717, 1.165) is 30.7 Å². The van der Waals surface area contributed by atoms with Gasteiger partial charge in [0.05, 0.1) is 25.2 Å². The third kappa shape index (κ3) is 3.34. The molecule has 0 aliphatic carbocycles. The maximum atomic E-state index is 11.8. The summed E-state index contributed by atoms with van der Waals surface area (Å²) in [6.45, 7) is 3.04. The Bertz CT molecular complexity index is 774. The quantitative estimate of drug-likeness (QED) is 0.828. The number of carbonyl (C=O) groups is 1. The summed E-state index contributed by atoms with van der Waals surface area (Å²) in [7, 11) is 0. The molecule has 0 bridgehead atoms. The van der Waals surface area contributed by atoms with Crippen LogP contribution < -0.4 is 5.32 Å². The summed E-state index contributed by atoms with van der Waals surface area (Å²) in [5, 5.41) is 3.72. The van der Waals surface area contributed by atoms with E-state index in [1.54, 1.807) is 0 Å². The van der Waals surface area contributed by atoms with Crippen molar-refractivity contribution < 1.29 is 14.3 Å². The van der Waals surface area contributed by atoms with Gasteiger partial charge in [-0.2, -0.15) is 0 Å². The Labute approximate surface area is 154 Å². The first kappa shape index (κ1) is 17.1. The van der Waals surface area contributed by atoms with Crippen LogP contribution in [0.5, 0.6) is 0 Å². The molecule has 0 aromatic heterocycles. The van der Waals surface area contributed by atoms with E-state index in [1.165, 1.54) is 11.1 Å². The maximum Gasteiger partial charge on any atom is 0.310 e. The van der Waals surface area contributed by atoms with Gasteiger partial charge in [-0.3, -0.25) is 4.79 Å². The van der Waals surface area contributed by atoms with Crippen LogP contribution in [-0.4, -0.2) is 19.2 Å². The van der Waals surface area contributed by atoms with Gasteiger partial charge in [-0.25, -0.2) is 0 Å². The minimum atomic E-state index is -0.181. The van der Waals surface area contributed by atoms with Gasteiger partial charge < -0.3 is 14.8 Å². The summed E-state index contributed by atoms with van der Waals surface area (Å²) in [4.78, 5) is 11.8. The highest BCUT2D eigenvalue weighted by Crippen LogP contribution is 2.49. The van der Waals surface area contributed by atoms with Gasteiger partial charge in [-0.15, -0.1) is 0 Å². The molecule has 4 nitrogen and oxygen atoms in total. The van der Waals surface area contributed by atoms with E-state index < -0.39 is 0 Å². The molecule has 0 unspecified atom stereocenters. The normalized spacial score (nSPS) is 24.1. The zero-order chi connectivity index (χ0) is 17.9. The largest absolute Gasteiger partial charge is 0.466 e. The molecule has 3 atom stereocenters. The Hall–Kier alpha value is -2.33. The highest BCUT2D eigenvalue weighted by molar-refractivity contribution is 5.73. The van der Waals surface area contributed by atoms with E-state index in [2.05, 4.69) is 47.8 Å². The highest BCUT2D eigenvalue weighted by Gasteiger charge is 2.39. The number of rotatable bonds is 4. The lowest BCUT2D eigenvalue weighted by molar-refractivity contribution is -0.142. The molecule has 0 amide bonds. The summed E-state index contributed by atoms with van der Waals surface area (Å²) in [6.07, 6.45) is 2.61. The Morgan fingerprint density at radius 3 is 2.88 bits per heavy atom. The molecular formula is C22H25NO3. The summed E-state index contributed by atoms with van der Waals surface area (Å²) in [5.74, 6) is 0.219. The van der Waals surface area contributed by atoms with Crippen LogP contribution in [0.25, 0.3) is 0 Å². The van der Waals surface area contributed by atoms with Crippen LogP contribution in [-0.2, 0) is 20.7 Å². The molecule has 0 saturated carbocycles. The number of esters is 1. The number of hydrogen-bond acceptors (Lipinski definition) is 4. The van der Waals surface area contributed by atoms with E-state index in [9.17, 15) is 4.79 Å². The molecular weight excluding hydrogens is 326 g/mol. The number of fused-ring (bicyclic) bond motifs is 3. The standard InChI is InChI=1S/C22H25NO3/c1-2-25-20(24)14-15-10-11-19-18(13-15)22-17(9-6-12-26-22)21(23-19)16-7-4-3-5-8-16/h3-5,7-8,10-11,13,17,21-23H,2,6,9,12,14H2,1H3/t17-,21-,22-/m0/s1. The molecule has 1 fully saturated rings. The van der Waals surface area contributed by atoms with Crippen molar-refractivity contribution in [2.45, 2.75) is 38.3 Å². The van der Waals surface area contributed by atoms with E-state index in [-0.39, 0.29) is 18.1 Å². The topological polar surface area (TPSA) is 47.6 Å². The first-order valence-electron chi connectivity index (χ1n) is 9.48. The molecule has 2 aromatic rings. The van der Waals surface area contributed by atoms with Crippen LogP contribution in [0.15, 0.2) is 48.5 Å². The lowest BCUT2D eigenvalue weighted by Crippen LogP contribution is -2.36. The molecule has 2 heterocycles. The first-order valence-corrected chi connectivity index (χ1v) is 9.48. The van der Waals surface area contributed by atoms with Crippen molar-refractivity contribution in [1.29, 1.82) is 0 Å². The third-order valence-corrected chi connectivity index (χ3v) is 5.34. The number of carbonyl (C=O) groups excluding carboxylic acids is 1. The van der Waals surface area contributed by atoms with Gasteiger partial charge in [0.2, 0.25) is 0 Å². The average molecular weight is 351 g/mol. The van der Waals surface area contributed by atoms with Gasteiger partial charge in [-0.05, 0) is 37.0 Å². The van der Waals surface area contributed by atoms with Crippen molar-refractivity contribution >= 4 is 11.7 Å². The van der Waals surface area contributed by atoms with Crippen LogP contribution in [0.4, 0.5) is 5.69 Å². The van der Waals surface area contributed by atoms with Crippen molar-refractivity contribution in [2.75, 3.05) is 18.5 Å². The highest BCUT2D eigenvalue weighted by atomic mass is 16.5. The van der Waals surface area contributed by atoms with Crippen LogP contribution in [0, 0.1) is 5.92 Å². The maximum absolute atomic E-state index is 11.8. The molecule has 2 aromatic carbocycles.